The monoisotopic (exact) mass is 223 g/mol. The van der Waals surface area contributed by atoms with Gasteiger partial charge in [-0.2, -0.15) is 0 Å². The fourth-order valence-corrected chi connectivity index (χ4v) is 1.85. The molecular weight excluding hydrogens is 206 g/mol. The van der Waals surface area contributed by atoms with E-state index in [0.717, 1.165) is 30.2 Å². The van der Waals surface area contributed by atoms with Gasteiger partial charge in [-0.1, -0.05) is 6.07 Å². The predicted octanol–water partition coefficient (Wildman–Crippen LogP) is 1.36. The summed E-state index contributed by atoms with van der Waals surface area (Å²) in [5.74, 6) is 1.51. The molecule has 1 fully saturated rings. The lowest BCUT2D eigenvalue weighted by Crippen LogP contribution is -2.34. The zero-order valence-corrected chi connectivity index (χ0v) is 9.66. The first-order chi connectivity index (χ1) is 7.85. The van der Waals surface area contributed by atoms with Gasteiger partial charge in [0.2, 0.25) is 0 Å². The summed E-state index contributed by atoms with van der Waals surface area (Å²) in [6.07, 6.45) is 0. The third-order valence-electron chi connectivity index (χ3n) is 2.73. The molecule has 0 radical (unpaired) electrons. The molecule has 1 saturated heterocycles. The average Bonchev–Trinajstić information content (AvgIpc) is 2.39. The highest BCUT2D eigenvalue weighted by Gasteiger charge is 2.16. The number of benzene rings is 1. The van der Waals surface area contributed by atoms with Gasteiger partial charge in [0.25, 0.3) is 0 Å². The number of morpholine rings is 1. The van der Waals surface area contributed by atoms with Crippen molar-refractivity contribution in [2.45, 2.75) is 6.04 Å². The summed E-state index contributed by atoms with van der Waals surface area (Å²) in [5.41, 5.74) is 1.16. The van der Waals surface area contributed by atoms with Crippen LogP contribution in [0.2, 0.25) is 0 Å². The summed E-state index contributed by atoms with van der Waals surface area (Å²) >= 11 is 0. The van der Waals surface area contributed by atoms with Crippen LogP contribution in [0.3, 0.4) is 0 Å². The Bertz CT molecular complexity index is 348. The van der Waals surface area contributed by atoms with Crippen molar-refractivity contribution in [3.8, 4) is 11.5 Å². The molecule has 0 saturated carbocycles. The van der Waals surface area contributed by atoms with E-state index < -0.39 is 0 Å². The molecule has 0 bridgehead atoms. The van der Waals surface area contributed by atoms with Gasteiger partial charge in [0.05, 0.1) is 33.5 Å². The molecule has 0 spiro atoms. The van der Waals surface area contributed by atoms with E-state index in [-0.39, 0.29) is 6.04 Å². The number of methoxy groups -OCH3 is 2. The van der Waals surface area contributed by atoms with Crippen molar-refractivity contribution in [2.24, 2.45) is 0 Å². The van der Waals surface area contributed by atoms with E-state index in [1.807, 2.05) is 18.2 Å². The minimum atomic E-state index is 0.244. The fraction of sp³-hybridized carbons (Fsp3) is 0.500. The fourth-order valence-electron chi connectivity index (χ4n) is 1.85. The van der Waals surface area contributed by atoms with Crippen molar-refractivity contribution in [3.63, 3.8) is 0 Å². The summed E-state index contributed by atoms with van der Waals surface area (Å²) in [7, 11) is 3.28. The van der Waals surface area contributed by atoms with Gasteiger partial charge in [0, 0.05) is 6.54 Å². The summed E-state index contributed by atoms with van der Waals surface area (Å²) in [6, 6.07) is 6.19. The minimum Gasteiger partial charge on any atom is -0.493 e. The average molecular weight is 223 g/mol. The molecule has 88 valence electrons. The van der Waals surface area contributed by atoms with Gasteiger partial charge < -0.3 is 19.5 Å². The molecule has 1 aliphatic heterocycles. The molecule has 1 atom stereocenters. The van der Waals surface area contributed by atoms with Gasteiger partial charge in [-0.05, 0) is 17.7 Å². The van der Waals surface area contributed by atoms with Crippen molar-refractivity contribution in [2.75, 3.05) is 34.0 Å². The number of hydrogen-bond donors (Lipinski definition) is 1. The Labute approximate surface area is 95.5 Å². The van der Waals surface area contributed by atoms with Gasteiger partial charge in [-0.25, -0.2) is 0 Å². The topological polar surface area (TPSA) is 39.7 Å². The molecule has 1 aromatic rings. The summed E-state index contributed by atoms with van der Waals surface area (Å²) in [5, 5.41) is 3.40. The number of rotatable bonds is 3. The number of ether oxygens (including phenoxy) is 3. The van der Waals surface area contributed by atoms with Crippen LogP contribution in [0.5, 0.6) is 11.5 Å². The zero-order valence-electron chi connectivity index (χ0n) is 9.66. The Hall–Kier alpha value is -1.26. The Morgan fingerprint density at radius 3 is 2.69 bits per heavy atom. The maximum Gasteiger partial charge on any atom is 0.161 e. The van der Waals surface area contributed by atoms with E-state index in [1.54, 1.807) is 14.2 Å². The summed E-state index contributed by atoms with van der Waals surface area (Å²) in [4.78, 5) is 0. The number of hydrogen-bond acceptors (Lipinski definition) is 4. The second-order valence-electron chi connectivity index (χ2n) is 3.70. The summed E-state index contributed by atoms with van der Waals surface area (Å²) < 4.78 is 15.9. The highest BCUT2D eigenvalue weighted by Crippen LogP contribution is 2.30. The molecular formula is C12H17NO3. The van der Waals surface area contributed by atoms with Crippen LogP contribution in [0.15, 0.2) is 18.2 Å². The van der Waals surface area contributed by atoms with E-state index in [4.69, 9.17) is 14.2 Å². The van der Waals surface area contributed by atoms with E-state index in [1.165, 1.54) is 0 Å². The molecule has 0 aromatic heterocycles. The molecule has 16 heavy (non-hydrogen) atoms. The van der Waals surface area contributed by atoms with Crippen LogP contribution in [0.25, 0.3) is 0 Å². The second kappa shape index (κ2) is 5.18. The van der Waals surface area contributed by atoms with Gasteiger partial charge in [-0.3, -0.25) is 0 Å². The van der Waals surface area contributed by atoms with Crippen LogP contribution >= 0.6 is 0 Å². The molecule has 4 heteroatoms. The molecule has 2 rings (SSSR count). The number of nitrogens with one attached hydrogen (secondary N) is 1. The SMILES string of the molecule is COc1ccc(C2COCCN2)cc1OC. The lowest BCUT2D eigenvalue weighted by molar-refractivity contribution is 0.0768. The van der Waals surface area contributed by atoms with Crippen molar-refractivity contribution < 1.29 is 14.2 Å². The van der Waals surface area contributed by atoms with Crippen molar-refractivity contribution >= 4 is 0 Å². The standard InChI is InChI=1S/C12H17NO3/c1-14-11-4-3-9(7-12(11)15-2)10-8-16-6-5-13-10/h3-4,7,10,13H,5-6,8H2,1-2H3. The normalized spacial score (nSPS) is 20.5. The molecule has 1 aromatic carbocycles. The Balaban J connectivity index is 2.20. The molecule has 0 amide bonds. The molecule has 1 N–H and O–H groups in total. The zero-order chi connectivity index (χ0) is 11.4. The van der Waals surface area contributed by atoms with Crippen molar-refractivity contribution in [3.05, 3.63) is 23.8 Å². The first-order valence-corrected chi connectivity index (χ1v) is 5.38. The lowest BCUT2D eigenvalue weighted by Gasteiger charge is -2.24. The lowest BCUT2D eigenvalue weighted by atomic mass is 10.1. The van der Waals surface area contributed by atoms with Crippen LogP contribution in [-0.2, 0) is 4.74 Å². The van der Waals surface area contributed by atoms with Crippen LogP contribution in [0, 0.1) is 0 Å². The van der Waals surface area contributed by atoms with Gasteiger partial charge in [0.1, 0.15) is 0 Å². The summed E-state index contributed by atoms with van der Waals surface area (Å²) in [6.45, 7) is 2.37. The first kappa shape index (κ1) is 11.2. The quantitative estimate of drug-likeness (QED) is 0.840. The first-order valence-electron chi connectivity index (χ1n) is 5.38. The van der Waals surface area contributed by atoms with Crippen LogP contribution < -0.4 is 14.8 Å². The Morgan fingerprint density at radius 2 is 2.06 bits per heavy atom. The predicted molar refractivity (Wildman–Crippen MR) is 61.1 cm³/mol. The molecule has 0 aliphatic carbocycles. The Morgan fingerprint density at radius 1 is 1.25 bits per heavy atom. The maximum absolute atomic E-state index is 5.43. The van der Waals surface area contributed by atoms with Crippen molar-refractivity contribution in [1.29, 1.82) is 0 Å². The molecule has 1 aliphatic rings. The minimum absolute atomic E-state index is 0.244. The van der Waals surface area contributed by atoms with Gasteiger partial charge in [-0.15, -0.1) is 0 Å². The maximum atomic E-state index is 5.43. The van der Waals surface area contributed by atoms with Crippen LogP contribution in [0.4, 0.5) is 0 Å². The van der Waals surface area contributed by atoms with E-state index in [2.05, 4.69) is 5.32 Å². The third kappa shape index (κ3) is 2.28. The Kier molecular flexibility index (Phi) is 3.64. The second-order valence-corrected chi connectivity index (χ2v) is 3.70. The van der Waals surface area contributed by atoms with E-state index >= 15 is 0 Å². The smallest absolute Gasteiger partial charge is 0.161 e. The van der Waals surface area contributed by atoms with Crippen LogP contribution in [-0.4, -0.2) is 34.0 Å². The van der Waals surface area contributed by atoms with Crippen LogP contribution in [0.1, 0.15) is 11.6 Å². The highest BCUT2D eigenvalue weighted by atomic mass is 16.5. The molecule has 1 unspecified atom stereocenters. The molecule has 1 heterocycles. The third-order valence-corrected chi connectivity index (χ3v) is 2.73. The van der Waals surface area contributed by atoms with E-state index in [9.17, 15) is 0 Å². The molecule has 4 nitrogen and oxygen atoms in total. The van der Waals surface area contributed by atoms with Crippen molar-refractivity contribution in [1.82, 2.24) is 5.32 Å². The largest absolute Gasteiger partial charge is 0.493 e. The van der Waals surface area contributed by atoms with Gasteiger partial charge in [0.15, 0.2) is 11.5 Å². The van der Waals surface area contributed by atoms with Gasteiger partial charge >= 0.3 is 0 Å². The highest BCUT2D eigenvalue weighted by molar-refractivity contribution is 5.43. The van der Waals surface area contributed by atoms with E-state index in [0.29, 0.717) is 6.61 Å².